The van der Waals surface area contributed by atoms with Gasteiger partial charge in [0.1, 0.15) is 11.8 Å². The van der Waals surface area contributed by atoms with Gasteiger partial charge in [-0.25, -0.2) is 0 Å². The van der Waals surface area contributed by atoms with Gasteiger partial charge in [0.25, 0.3) is 5.69 Å². The topological polar surface area (TPSA) is 93.9 Å². The fourth-order valence-electron chi connectivity index (χ4n) is 3.03. The molecule has 2 aromatic carbocycles. The lowest BCUT2D eigenvalue weighted by Crippen LogP contribution is -2.43. The van der Waals surface area contributed by atoms with E-state index >= 15 is 0 Å². The standard InChI is InChI=1S/C19H21N3O5/c1-26-17-8-4-15(5-9-17)20-19(23)18(21-10-12-27-13-11-21)14-2-6-16(7-3-14)22(24)25/h2-9,18H,10-13H2,1H3,(H,20,23)/t18-/m0/s1. The number of methoxy groups -OCH3 is 1. The second-order valence-electron chi connectivity index (χ2n) is 6.12. The quantitative estimate of drug-likeness (QED) is 0.620. The number of nitro benzene ring substituents is 1. The average molecular weight is 371 g/mol. The minimum Gasteiger partial charge on any atom is -0.497 e. The zero-order chi connectivity index (χ0) is 19.2. The van der Waals surface area contributed by atoms with Gasteiger partial charge in [-0.15, -0.1) is 0 Å². The van der Waals surface area contributed by atoms with E-state index in [1.165, 1.54) is 12.1 Å². The fourth-order valence-corrected chi connectivity index (χ4v) is 3.03. The molecule has 0 radical (unpaired) electrons. The molecule has 1 amide bonds. The zero-order valence-electron chi connectivity index (χ0n) is 15.0. The predicted molar refractivity (Wildman–Crippen MR) is 99.9 cm³/mol. The number of carbonyl (C=O) groups excluding carboxylic acids is 1. The van der Waals surface area contributed by atoms with Crippen LogP contribution in [-0.2, 0) is 9.53 Å². The maximum Gasteiger partial charge on any atom is 0.269 e. The van der Waals surface area contributed by atoms with Crippen LogP contribution in [0.2, 0.25) is 0 Å². The van der Waals surface area contributed by atoms with Crippen molar-refractivity contribution in [3.63, 3.8) is 0 Å². The highest BCUT2D eigenvalue weighted by atomic mass is 16.6. The summed E-state index contributed by atoms with van der Waals surface area (Å²) >= 11 is 0. The van der Waals surface area contributed by atoms with Crippen molar-refractivity contribution in [2.24, 2.45) is 0 Å². The summed E-state index contributed by atoms with van der Waals surface area (Å²) in [7, 11) is 1.58. The van der Waals surface area contributed by atoms with Crippen molar-refractivity contribution < 1.29 is 19.2 Å². The predicted octanol–water partition coefficient (Wildman–Crippen LogP) is 2.62. The number of benzene rings is 2. The van der Waals surface area contributed by atoms with E-state index in [9.17, 15) is 14.9 Å². The fraction of sp³-hybridized carbons (Fsp3) is 0.316. The molecule has 1 fully saturated rings. The number of ether oxygens (including phenoxy) is 2. The molecule has 142 valence electrons. The summed E-state index contributed by atoms with van der Waals surface area (Å²) in [6.45, 7) is 2.30. The Labute approximate surface area is 156 Å². The highest BCUT2D eigenvalue weighted by molar-refractivity contribution is 5.95. The molecule has 3 rings (SSSR count). The molecule has 1 heterocycles. The van der Waals surface area contributed by atoms with Gasteiger partial charge in [-0.2, -0.15) is 0 Å². The van der Waals surface area contributed by atoms with Crippen LogP contribution in [0.1, 0.15) is 11.6 Å². The zero-order valence-corrected chi connectivity index (χ0v) is 15.0. The molecule has 8 nitrogen and oxygen atoms in total. The van der Waals surface area contributed by atoms with E-state index in [0.717, 1.165) is 0 Å². The first-order valence-electron chi connectivity index (χ1n) is 8.59. The summed E-state index contributed by atoms with van der Waals surface area (Å²) in [4.78, 5) is 25.5. The van der Waals surface area contributed by atoms with Crippen LogP contribution >= 0.6 is 0 Å². The van der Waals surface area contributed by atoms with Crippen molar-refractivity contribution in [3.05, 3.63) is 64.2 Å². The summed E-state index contributed by atoms with van der Waals surface area (Å²) in [5.74, 6) is 0.504. The third kappa shape index (κ3) is 4.60. The van der Waals surface area contributed by atoms with E-state index in [2.05, 4.69) is 5.32 Å². The Hall–Kier alpha value is -2.97. The van der Waals surface area contributed by atoms with Gasteiger partial charge in [-0.05, 0) is 29.8 Å². The number of hydrogen-bond acceptors (Lipinski definition) is 6. The molecule has 1 aliphatic heterocycles. The van der Waals surface area contributed by atoms with E-state index in [-0.39, 0.29) is 11.6 Å². The number of rotatable bonds is 6. The first-order chi connectivity index (χ1) is 13.1. The Balaban J connectivity index is 1.83. The number of nitrogens with one attached hydrogen (secondary N) is 1. The van der Waals surface area contributed by atoms with Crippen molar-refractivity contribution in [2.75, 3.05) is 38.7 Å². The Morgan fingerprint density at radius 3 is 2.33 bits per heavy atom. The molecule has 0 spiro atoms. The van der Waals surface area contributed by atoms with Crippen molar-refractivity contribution in [1.29, 1.82) is 0 Å². The van der Waals surface area contributed by atoms with Crippen LogP contribution in [0.4, 0.5) is 11.4 Å². The largest absolute Gasteiger partial charge is 0.497 e. The van der Waals surface area contributed by atoms with Gasteiger partial charge in [0.2, 0.25) is 5.91 Å². The number of anilines is 1. The van der Waals surface area contributed by atoms with Crippen LogP contribution in [0.15, 0.2) is 48.5 Å². The third-order valence-electron chi connectivity index (χ3n) is 4.44. The molecule has 0 aliphatic carbocycles. The molecule has 1 aliphatic rings. The van der Waals surface area contributed by atoms with E-state index in [0.29, 0.717) is 43.3 Å². The lowest BCUT2D eigenvalue weighted by Gasteiger charge is -2.33. The molecular weight excluding hydrogens is 350 g/mol. The average Bonchev–Trinajstić information content (AvgIpc) is 2.70. The molecule has 8 heteroatoms. The number of morpholine rings is 1. The van der Waals surface area contributed by atoms with Crippen LogP contribution in [-0.4, -0.2) is 49.1 Å². The third-order valence-corrected chi connectivity index (χ3v) is 4.44. The first-order valence-corrected chi connectivity index (χ1v) is 8.59. The lowest BCUT2D eigenvalue weighted by molar-refractivity contribution is -0.384. The van der Waals surface area contributed by atoms with Crippen molar-refractivity contribution >= 4 is 17.3 Å². The van der Waals surface area contributed by atoms with E-state index < -0.39 is 11.0 Å². The number of nitro groups is 1. The number of non-ortho nitro benzene ring substituents is 1. The summed E-state index contributed by atoms with van der Waals surface area (Å²) < 4.78 is 10.5. The number of amides is 1. The van der Waals surface area contributed by atoms with Gasteiger partial charge in [-0.3, -0.25) is 19.8 Å². The Morgan fingerprint density at radius 1 is 1.15 bits per heavy atom. The molecule has 27 heavy (non-hydrogen) atoms. The SMILES string of the molecule is COc1ccc(NC(=O)[C@H](c2ccc([N+](=O)[O-])cc2)N2CCOCC2)cc1. The second-order valence-corrected chi connectivity index (χ2v) is 6.12. The number of carbonyl (C=O) groups is 1. The smallest absolute Gasteiger partial charge is 0.269 e. The van der Waals surface area contributed by atoms with Crippen LogP contribution in [0.3, 0.4) is 0 Å². The molecule has 2 aromatic rings. The highest BCUT2D eigenvalue weighted by Crippen LogP contribution is 2.26. The van der Waals surface area contributed by atoms with E-state index in [1.807, 2.05) is 4.90 Å². The summed E-state index contributed by atoms with van der Waals surface area (Å²) in [6, 6.07) is 12.6. The van der Waals surface area contributed by atoms with Crippen LogP contribution in [0.25, 0.3) is 0 Å². The van der Waals surface area contributed by atoms with Gasteiger partial charge >= 0.3 is 0 Å². The Morgan fingerprint density at radius 2 is 1.78 bits per heavy atom. The van der Waals surface area contributed by atoms with Gasteiger partial charge in [0, 0.05) is 30.9 Å². The van der Waals surface area contributed by atoms with Gasteiger partial charge in [0.15, 0.2) is 0 Å². The minimum absolute atomic E-state index is 0.00459. The maximum absolute atomic E-state index is 13.0. The molecule has 0 unspecified atom stereocenters. The number of hydrogen-bond donors (Lipinski definition) is 1. The minimum atomic E-state index is -0.559. The molecular formula is C19H21N3O5. The normalized spacial score (nSPS) is 15.7. The molecule has 0 aromatic heterocycles. The van der Waals surface area contributed by atoms with Crippen LogP contribution < -0.4 is 10.1 Å². The molecule has 1 N–H and O–H groups in total. The highest BCUT2D eigenvalue weighted by Gasteiger charge is 2.29. The molecule has 1 saturated heterocycles. The summed E-state index contributed by atoms with van der Waals surface area (Å²) in [6.07, 6.45) is 0. The summed E-state index contributed by atoms with van der Waals surface area (Å²) in [5.41, 5.74) is 1.35. The maximum atomic E-state index is 13.0. The van der Waals surface area contributed by atoms with Crippen LogP contribution in [0.5, 0.6) is 5.75 Å². The van der Waals surface area contributed by atoms with Crippen molar-refractivity contribution in [1.82, 2.24) is 4.90 Å². The molecule has 0 saturated carbocycles. The summed E-state index contributed by atoms with van der Waals surface area (Å²) in [5, 5.41) is 13.8. The molecule has 0 bridgehead atoms. The second kappa shape index (κ2) is 8.61. The van der Waals surface area contributed by atoms with Gasteiger partial charge in [-0.1, -0.05) is 12.1 Å². The van der Waals surface area contributed by atoms with Crippen molar-refractivity contribution in [3.8, 4) is 5.75 Å². The monoisotopic (exact) mass is 371 g/mol. The Kier molecular flexibility index (Phi) is 6.00. The van der Waals surface area contributed by atoms with E-state index in [1.54, 1.807) is 43.5 Å². The first kappa shape index (κ1) is 18.8. The van der Waals surface area contributed by atoms with Crippen molar-refractivity contribution in [2.45, 2.75) is 6.04 Å². The van der Waals surface area contributed by atoms with Gasteiger partial charge in [0.05, 0.1) is 25.2 Å². The number of nitrogens with zero attached hydrogens (tertiary/aromatic N) is 2. The van der Waals surface area contributed by atoms with E-state index in [4.69, 9.17) is 9.47 Å². The van der Waals surface area contributed by atoms with Gasteiger partial charge < -0.3 is 14.8 Å². The lowest BCUT2D eigenvalue weighted by atomic mass is 10.0. The Bertz CT molecular complexity index is 786. The van der Waals surface area contributed by atoms with Crippen LogP contribution in [0, 0.1) is 10.1 Å². The molecule has 1 atom stereocenters.